The van der Waals surface area contributed by atoms with E-state index in [4.69, 9.17) is 16.3 Å². The first-order valence-corrected chi connectivity index (χ1v) is 6.49. The molecular formula is C13H8ClIO3. The highest BCUT2D eigenvalue weighted by Gasteiger charge is 2.17. The van der Waals surface area contributed by atoms with Gasteiger partial charge >= 0.3 is 5.97 Å². The van der Waals surface area contributed by atoms with Crippen LogP contribution in [0.5, 0.6) is 11.5 Å². The minimum absolute atomic E-state index is 0.0516. The van der Waals surface area contributed by atoms with Gasteiger partial charge < -0.3 is 9.84 Å². The SMILES string of the molecule is O=C(Oc1ccccc1)c1cc(Cl)cc(I)c1O. The van der Waals surface area contributed by atoms with E-state index in [0.29, 0.717) is 14.3 Å². The third-order valence-corrected chi connectivity index (χ3v) is 3.24. The Bertz CT molecular complexity index is 584. The van der Waals surface area contributed by atoms with Crippen LogP contribution in [0.1, 0.15) is 10.4 Å². The van der Waals surface area contributed by atoms with Crippen LogP contribution in [0, 0.1) is 3.57 Å². The van der Waals surface area contributed by atoms with E-state index >= 15 is 0 Å². The summed E-state index contributed by atoms with van der Waals surface area (Å²) >= 11 is 7.74. The van der Waals surface area contributed by atoms with Crippen molar-refractivity contribution < 1.29 is 14.6 Å². The largest absolute Gasteiger partial charge is 0.506 e. The van der Waals surface area contributed by atoms with Gasteiger partial charge in [-0.1, -0.05) is 29.8 Å². The molecule has 0 amide bonds. The molecule has 1 N–H and O–H groups in total. The van der Waals surface area contributed by atoms with Crippen molar-refractivity contribution in [1.82, 2.24) is 0 Å². The molecule has 0 aliphatic heterocycles. The molecule has 2 aromatic carbocycles. The molecule has 0 heterocycles. The van der Waals surface area contributed by atoms with Gasteiger partial charge in [-0.2, -0.15) is 0 Å². The highest BCUT2D eigenvalue weighted by molar-refractivity contribution is 14.1. The molecule has 0 spiro atoms. The van der Waals surface area contributed by atoms with E-state index in [-0.39, 0.29) is 11.3 Å². The van der Waals surface area contributed by atoms with Gasteiger partial charge in [0.2, 0.25) is 0 Å². The summed E-state index contributed by atoms with van der Waals surface area (Å²) in [6, 6.07) is 11.6. The Morgan fingerprint density at radius 3 is 2.56 bits per heavy atom. The number of ether oxygens (including phenoxy) is 1. The van der Waals surface area contributed by atoms with Crippen LogP contribution in [0.25, 0.3) is 0 Å². The average Bonchev–Trinajstić information content (AvgIpc) is 2.35. The summed E-state index contributed by atoms with van der Waals surface area (Å²) < 4.78 is 5.63. The van der Waals surface area contributed by atoms with E-state index in [1.165, 1.54) is 6.07 Å². The maximum Gasteiger partial charge on any atom is 0.347 e. The minimum atomic E-state index is -0.640. The van der Waals surface area contributed by atoms with Crippen molar-refractivity contribution in [1.29, 1.82) is 0 Å². The van der Waals surface area contributed by atoms with Crippen LogP contribution in [-0.2, 0) is 0 Å². The van der Waals surface area contributed by atoms with Gasteiger partial charge in [0.15, 0.2) is 0 Å². The number of hydrogen-bond acceptors (Lipinski definition) is 3. The Labute approximate surface area is 122 Å². The molecule has 92 valence electrons. The number of hydrogen-bond donors (Lipinski definition) is 1. The summed E-state index contributed by atoms with van der Waals surface area (Å²) in [7, 11) is 0. The number of aromatic hydroxyl groups is 1. The van der Waals surface area contributed by atoms with Gasteiger partial charge in [-0.25, -0.2) is 4.79 Å². The van der Waals surface area contributed by atoms with Gasteiger partial charge in [0.05, 0.1) is 3.57 Å². The van der Waals surface area contributed by atoms with E-state index in [2.05, 4.69) is 0 Å². The maximum atomic E-state index is 11.9. The van der Waals surface area contributed by atoms with Crippen LogP contribution >= 0.6 is 34.2 Å². The number of benzene rings is 2. The molecule has 2 aromatic rings. The molecular weight excluding hydrogens is 366 g/mol. The van der Waals surface area contributed by atoms with Crippen LogP contribution in [0.3, 0.4) is 0 Å². The topological polar surface area (TPSA) is 46.5 Å². The number of carbonyl (C=O) groups is 1. The molecule has 0 fully saturated rings. The molecule has 5 heteroatoms. The lowest BCUT2D eigenvalue weighted by atomic mass is 10.2. The van der Waals surface area contributed by atoms with Crippen molar-refractivity contribution in [2.45, 2.75) is 0 Å². The van der Waals surface area contributed by atoms with Crippen molar-refractivity contribution in [2.75, 3.05) is 0 Å². The van der Waals surface area contributed by atoms with Gasteiger partial charge in [-0.05, 0) is 46.9 Å². The van der Waals surface area contributed by atoms with E-state index in [0.717, 1.165) is 0 Å². The zero-order chi connectivity index (χ0) is 13.1. The molecule has 3 nitrogen and oxygen atoms in total. The first-order chi connectivity index (χ1) is 8.58. The predicted molar refractivity (Wildman–Crippen MR) is 77.2 cm³/mol. The molecule has 2 rings (SSSR count). The first-order valence-electron chi connectivity index (χ1n) is 5.03. The molecule has 0 bridgehead atoms. The Kier molecular flexibility index (Phi) is 4.08. The molecule has 0 radical (unpaired) electrons. The second-order valence-electron chi connectivity index (χ2n) is 3.49. The van der Waals surface area contributed by atoms with Crippen LogP contribution in [0.4, 0.5) is 0 Å². The second-order valence-corrected chi connectivity index (χ2v) is 5.08. The molecule has 0 saturated carbocycles. The number of halogens is 2. The minimum Gasteiger partial charge on any atom is -0.506 e. The normalized spacial score (nSPS) is 10.1. The van der Waals surface area contributed by atoms with Gasteiger partial charge in [0.25, 0.3) is 0 Å². The summed E-state index contributed by atoms with van der Waals surface area (Å²) in [5.41, 5.74) is 0.0516. The summed E-state index contributed by atoms with van der Waals surface area (Å²) in [6.45, 7) is 0. The zero-order valence-electron chi connectivity index (χ0n) is 9.06. The molecule has 0 aliphatic rings. The van der Waals surface area contributed by atoms with Gasteiger partial charge in [-0.15, -0.1) is 0 Å². The molecule has 0 saturated heterocycles. The third kappa shape index (κ3) is 2.94. The fourth-order valence-corrected chi connectivity index (χ4v) is 2.40. The fourth-order valence-electron chi connectivity index (χ4n) is 1.37. The number of rotatable bonds is 2. The second kappa shape index (κ2) is 5.58. The van der Waals surface area contributed by atoms with E-state index in [9.17, 15) is 9.90 Å². The Hall–Kier alpha value is -1.27. The van der Waals surface area contributed by atoms with Crippen molar-refractivity contribution in [3.63, 3.8) is 0 Å². The molecule has 0 aliphatic carbocycles. The number of carbonyl (C=O) groups excluding carboxylic acids is 1. The van der Waals surface area contributed by atoms with Gasteiger partial charge in [0, 0.05) is 5.02 Å². The highest BCUT2D eigenvalue weighted by Crippen LogP contribution is 2.29. The van der Waals surface area contributed by atoms with Gasteiger partial charge in [0.1, 0.15) is 17.1 Å². The number of phenols is 1. The fraction of sp³-hybridized carbons (Fsp3) is 0. The zero-order valence-corrected chi connectivity index (χ0v) is 12.0. The predicted octanol–water partition coefficient (Wildman–Crippen LogP) is 3.87. The smallest absolute Gasteiger partial charge is 0.347 e. The lowest BCUT2D eigenvalue weighted by Gasteiger charge is -2.07. The van der Waals surface area contributed by atoms with Crippen LogP contribution in [-0.4, -0.2) is 11.1 Å². The summed E-state index contributed by atoms with van der Waals surface area (Å²) in [4.78, 5) is 11.9. The van der Waals surface area contributed by atoms with E-state index in [1.54, 1.807) is 30.3 Å². The average molecular weight is 375 g/mol. The Morgan fingerprint density at radius 1 is 1.22 bits per heavy atom. The number of phenolic OH excluding ortho intramolecular Hbond substituents is 1. The Balaban J connectivity index is 2.30. The van der Waals surface area contributed by atoms with Crippen LogP contribution in [0.15, 0.2) is 42.5 Å². The van der Waals surface area contributed by atoms with E-state index in [1.807, 2.05) is 28.7 Å². The summed E-state index contributed by atoms with van der Waals surface area (Å²) in [5, 5.41) is 10.2. The lowest BCUT2D eigenvalue weighted by molar-refractivity contribution is 0.0731. The van der Waals surface area contributed by atoms with Crippen LogP contribution < -0.4 is 4.74 Å². The maximum absolute atomic E-state index is 11.9. The highest BCUT2D eigenvalue weighted by atomic mass is 127. The van der Waals surface area contributed by atoms with Crippen molar-refractivity contribution in [3.8, 4) is 11.5 Å². The van der Waals surface area contributed by atoms with Crippen molar-refractivity contribution >= 4 is 40.2 Å². The summed E-state index contributed by atoms with van der Waals surface area (Å²) in [5.74, 6) is -0.350. The number of esters is 1. The quantitative estimate of drug-likeness (QED) is 0.493. The van der Waals surface area contributed by atoms with E-state index < -0.39 is 5.97 Å². The molecule has 18 heavy (non-hydrogen) atoms. The summed E-state index contributed by atoms with van der Waals surface area (Å²) in [6.07, 6.45) is 0. The van der Waals surface area contributed by atoms with Crippen molar-refractivity contribution in [3.05, 3.63) is 56.6 Å². The third-order valence-electron chi connectivity index (χ3n) is 2.20. The standard InChI is InChI=1S/C13H8ClIO3/c14-8-6-10(12(16)11(15)7-8)13(17)18-9-4-2-1-3-5-9/h1-7,16H. The van der Waals surface area contributed by atoms with Crippen molar-refractivity contribution in [2.24, 2.45) is 0 Å². The monoisotopic (exact) mass is 374 g/mol. The van der Waals surface area contributed by atoms with Gasteiger partial charge in [-0.3, -0.25) is 0 Å². The molecule has 0 unspecified atom stereocenters. The molecule has 0 aromatic heterocycles. The Morgan fingerprint density at radius 2 is 1.89 bits per heavy atom. The first kappa shape index (κ1) is 13.2. The lowest BCUT2D eigenvalue weighted by Crippen LogP contribution is -2.09. The number of para-hydroxylation sites is 1. The van der Waals surface area contributed by atoms with Crippen LogP contribution in [0.2, 0.25) is 5.02 Å². The molecule has 0 atom stereocenters.